The number of hydrogen-bond acceptors (Lipinski definition) is 3. The van der Waals surface area contributed by atoms with Crippen LogP contribution in [0.2, 0.25) is 0 Å². The summed E-state index contributed by atoms with van der Waals surface area (Å²) in [6.07, 6.45) is 2.39. The van der Waals surface area contributed by atoms with Crippen molar-refractivity contribution < 1.29 is 4.79 Å². The van der Waals surface area contributed by atoms with E-state index in [1.807, 2.05) is 19.1 Å². The standard InChI is InChI=1S/C13H19N3O/c1-9-7-10(4-5-12(9)13(14)17)16-11-3-2-6-15-8-11/h4-5,7,11,15-16H,2-3,6,8H2,1H3,(H2,14,17). The highest BCUT2D eigenvalue weighted by Gasteiger charge is 2.13. The number of piperidine rings is 1. The van der Waals surface area contributed by atoms with Gasteiger partial charge in [-0.05, 0) is 50.1 Å². The Bertz CT molecular complexity index is 411. The zero-order valence-electron chi connectivity index (χ0n) is 10.1. The van der Waals surface area contributed by atoms with E-state index < -0.39 is 0 Å². The highest BCUT2D eigenvalue weighted by atomic mass is 16.1. The van der Waals surface area contributed by atoms with Crippen molar-refractivity contribution in [3.05, 3.63) is 29.3 Å². The van der Waals surface area contributed by atoms with Crippen LogP contribution in [-0.2, 0) is 0 Å². The second kappa shape index (κ2) is 5.19. The lowest BCUT2D eigenvalue weighted by molar-refractivity contribution is 0.1000. The molecule has 92 valence electrons. The maximum absolute atomic E-state index is 11.1. The number of rotatable bonds is 3. The molecule has 1 fully saturated rings. The number of nitrogens with two attached hydrogens (primary N) is 1. The van der Waals surface area contributed by atoms with Crippen LogP contribution in [0.25, 0.3) is 0 Å². The molecule has 0 radical (unpaired) electrons. The lowest BCUT2D eigenvalue weighted by Crippen LogP contribution is -2.38. The van der Waals surface area contributed by atoms with Crippen LogP contribution in [-0.4, -0.2) is 25.0 Å². The van der Waals surface area contributed by atoms with E-state index in [1.54, 1.807) is 6.07 Å². The van der Waals surface area contributed by atoms with Gasteiger partial charge in [0, 0.05) is 23.8 Å². The third kappa shape index (κ3) is 2.97. The van der Waals surface area contributed by atoms with E-state index in [0.29, 0.717) is 11.6 Å². The zero-order valence-corrected chi connectivity index (χ0v) is 10.1. The van der Waals surface area contributed by atoms with E-state index in [4.69, 9.17) is 5.73 Å². The molecule has 1 saturated heterocycles. The predicted molar refractivity (Wildman–Crippen MR) is 69.2 cm³/mol. The SMILES string of the molecule is Cc1cc(NC2CCCNC2)ccc1C(N)=O. The second-order valence-corrected chi connectivity index (χ2v) is 4.58. The predicted octanol–water partition coefficient (Wildman–Crippen LogP) is 1.26. The van der Waals surface area contributed by atoms with Crippen molar-refractivity contribution in [2.45, 2.75) is 25.8 Å². The van der Waals surface area contributed by atoms with Crippen LogP contribution in [0.3, 0.4) is 0 Å². The van der Waals surface area contributed by atoms with Crippen molar-refractivity contribution in [3.8, 4) is 0 Å². The van der Waals surface area contributed by atoms with Crippen LogP contribution in [0.1, 0.15) is 28.8 Å². The first-order chi connectivity index (χ1) is 8.16. The zero-order chi connectivity index (χ0) is 12.3. The lowest BCUT2D eigenvalue weighted by atomic mass is 10.0. The van der Waals surface area contributed by atoms with Crippen molar-refractivity contribution in [3.63, 3.8) is 0 Å². The first kappa shape index (κ1) is 11.9. The molecule has 2 rings (SSSR count). The summed E-state index contributed by atoms with van der Waals surface area (Å²) in [5.74, 6) is -0.367. The Kier molecular flexibility index (Phi) is 3.64. The number of carbonyl (C=O) groups excluding carboxylic acids is 1. The van der Waals surface area contributed by atoms with E-state index >= 15 is 0 Å². The Hall–Kier alpha value is -1.55. The van der Waals surface area contributed by atoms with Crippen molar-refractivity contribution in [2.75, 3.05) is 18.4 Å². The summed E-state index contributed by atoms with van der Waals surface area (Å²) in [7, 11) is 0. The molecule has 1 amide bonds. The minimum Gasteiger partial charge on any atom is -0.381 e. The summed E-state index contributed by atoms with van der Waals surface area (Å²) in [4.78, 5) is 11.1. The minimum atomic E-state index is -0.367. The normalized spacial score (nSPS) is 19.9. The number of aryl methyl sites for hydroxylation is 1. The summed E-state index contributed by atoms with van der Waals surface area (Å²) >= 11 is 0. The van der Waals surface area contributed by atoms with Gasteiger partial charge >= 0.3 is 0 Å². The Morgan fingerprint density at radius 1 is 1.53 bits per heavy atom. The molecular weight excluding hydrogens is 214 g/mol. The smallest absolute Gasteiger partial charge is 0.248 e. The lowest BCUT2D eigenvalue weighted by Gasteiger charge is -2.25. The molecule has 4 heteroatoms. The second-order valence-electron chi connectivity index (χ2n) is 4.58. The van der Waals surface area contributed by atoms with Crippen molar-refractivity contribution >= 4 is 11.6 Å². The molecule has 4 N–H and O–H groups in total. The highest BCUT2D eigenvalue weighted by molar-refractivity contribution is 5.94. The Morgan fingerprint density at radius 2 is 2.35 bits per heavy atom. The molecule has 1 aromatic rings. The van der Waals surface area contributed by atoms with Gasteiger partial charge in [0.1, 0.15) is 0 Å². The summed E-state index contributed by atoms with van der Waals surface area (Å²) in [5, 5.41) is 6.84. The molecule has 1 aliphatic heterocycles. The summed E-state index contributed by atoms with van der Waals surface area (Å²) in [5.41, 5.74) is 7.85. The first-order valence-corrected chi connectivity index (χ1v) is 6.04. The largest absolute Gasteiger partial charge is 0.381 e. The third-order valence-corrected chi connectivity index (χ3v) is 3.16. The number of hydrogen-bond donors (Lipinski definition) is 3. The van der Waals surface area contributed by atoms with Crippen LogP contribution in [0.15, 0.2) is 18.2 Å². The van der Waals surface area contributed by atoms with Gasteiger partial charge in [-0.25, -0.2) is 0 Å². The van der Waals surface area contributed by atoms with Crippen LogP contribution >= 0.6 is 0 Å². The van der Waals surface area contributed by atoms with E-state index in [1.165, 1.54) is 12.8 Å². The van der Waals surface area contributed by atoms with Gasteiger partial charge in [-0.15, -0.1) is 0 Å². The van der Waals surface area contributed by atoms with Gasteiger partial charge < -0.3 is 16.4 Å². The number of amides is 1. The van der Waals surface area contributed by atoms with Crippen molar-refractivity contribution in [1.29, 1.82) is 0 Å². The molecule has 1 heterocycles. The molecule has 0 bridgehead atoms. The Morgan fingerprint density at radius 3 is 2.94 bits per heavy atom. The molecule has 0 spiro atoms. The van der Waals surface area contributed by atoms with Gasteiger partial charge in [-0.3, -0.25) is 4.79 Å². The monoisotopic (exact) mass is 233 g/mol. The van der Waals surface area contributed by atoms with E-state index in [0.717, 1.165) is 24.3 Å². The molecule has 0 aromatic heterocycles. The molecule has 0 saturated carbocycles. The van der Waals surface area contributed by atoms with Crippen LogP contribution in [0, 0.1) is 6.92 Å². The maximum Gasteiger partial charge on any atom is 0.248 e. The molecular formula is C13H19N3O. The van der Waals surface area contributed by atoms with Gasteiger partial charge in [0.2, 0.25) is 5.91 Å². The summed E-state index contributed by atoms with van der Waals surface area (Å²) in [6, 6.07) is 6.16. The van der Waals surface area contributed by atoms with E-state index in [-0.39, 0.29) is 5.91 Å². The maximum atomic E-state index is 11.1. The Balaban J connectivity index is 2.06. The molecule has 4 nitrogen and oxygen atoms in total. The Labute approximate surface area is 102 Å². The van der Waals surface area contributed by atoms with Crippen molar-refractivity contribution in [1.82, 2.24) is 5.32 Å². The average molecular weight is 233 g/mol. The van der Waals surface area contributed by atoms with E-state index in [2.05, 4.69) is 10.6 Å². The van der Waals surface area contributed by atoms with Gasteiger partial charge in [0.15, 0.2) is 0 Å². The van der Waals surface area contributed by atoms with Crippen LogP contribution < -0.4 is 16.4 Å². The van der Waals surface area contributed by atoms with Gasteiger partial charge in [-0.1, -0.05) is 0 Å². The van der Waals surface area contributed by atoms with Crippen LogP contribution in [0.5, 0.6) is 0 Å². The molecule has 1 atom stereocenters. The fraction of sp³-hybridized carbons (Fsp3) is 0.462. The quantitative estimate of drug-likeness (QED) is 0.736. The van der Waals surface area contributed by atoms with Gasteiger partial charge in [-0.2, -0.15) is 0 Å². The average Bonchev–Trinajstić information content (AvgIpc) is 2.30. The highest BCUT2D eigenvalue weighted by Crippen LogP contribution is 2.17. The number of nitrogens with one attached hydrogen (secondary N) is 2. The number of primary amides is 1. The van der Waals surface area contributed by atoms with Gasteiger partial charge in [0.25, 0.3) is 0 Å². The number of carbonyl (C=O) groups is 1. The molecule has 0 aliphatic carbocycles. The fourth-order valence-corrected chi connectivity index (χ4v) is 2.24. The topological polar surface area (TPSA) is 67.2 Å². The molecule has 1 aliphatic rings. The molecule has 1 unspecified atom stereocenters. The van der Waals surface area contributed by atoms with Crippen molar-refractivity contribution in [2.24, 2.45) is 5.73 Å². The molecule has 1 aromatic carbocycles. The van der Waals surface area contributed by atoms with E-state index in [9.17, 15) is 4.79 Å². The third-order valence-electron chi connectivity index (χ3n) is 3.16. The van der Waals surface area contributed by atoms with Gasteiger partial charge in [0.05, 0.1) is 0 Å². The summed E-state index contributed by atoms with van der Waals surface area (Å²) in [6.45, 7) is 4.01. The minimum absolute atomic E-state index is 0.367. The first-order valence-electron chi connectivity index (χ1n) is 6.04. The van der Waals surface area contributed by atoms with Crippen LogP contribution in [0.4, 0.5) is 5.69 Å². The fourth-order valence-electron chi connectivity index (χ4n) is 2.24. The summed E-state index contributed by atoms with van der Waals surface area (Å²) < 4.78 is 0. The number of anilines is 1. The molecule has 17 heavy (non-hydrogen) atoms. The number of benzene rings is 1.